The minimum atomic E-state index is -0.384. The maximum Gasteiger partial charge on any atom is 0.253 e. The third kappa shape index (κ3) is 4.77. The van der Waals surface area contributed by atoms with Gasteiger partial charge in [-0.15, -0.1) is 0 Å². The molecule has 1 aromatic carbocycles. The van der Waals surface area contributed by atoms with Gasteiger partial charge in [0.05, 0.1) is 6.10 Å². The molecule has 1 heterocycles. The van der Waals surface area contributed by atoms with Crippen molar-refractivity contribution in [2.24, 2.45) is 5.73 Å². The van der Waals surface area contributed by atoms with Crippen molar-refractivity contribution < 1.29 is 14.3 Å². The van der Waals surface area contributed by atoms with Crippen molar-refractivity contribution in [1.29, 1.82) is 0 Å². The normalized spacial score (nSPS) is 20.3. The first kappa shape index (κ1) is 17.4. The van der Waals surface area contributed by atoms with Crippen molar-refractivity contribution in [3.63, 3.8) is 0 Å². The molecule has 6 nitrogen and oxygen atoms in total. The van der Waals surface area contributed by atoms with E-state index in [1.54, 1.807) is 25.1 Å². The minimum Gasteiger partial charge on any atom is -0.364 e. The Morgan fingerprint density at radius 3 is 2.78 bits per heavy atom. The molecule has 2 amide bonds. The van der Waals surface area contributed by atoms with Crippen molar-refractivity contribution in [2.45, 2.75) is 31.5 Å². The Morgan fingerprint density at radius 2 is 2.13 bits per heavy atom. The highest BCUT2D eigenvalue weighted by Crippen LogP contribution is 2.18. The highest BCUT2D eigenvalue weighted by molar-refractivity contribution is 5.94. The van der Waals surface area contributed by atoms with Crippen LogP contribution in [0, 0.1) is 0 Å². The molecule has 2 rings (SSSR count). The number of carbonyl (C=O) groups excluding carboxylic acids is 2. The SMILES string of the molecule is CN(C)C(=O)c1cccc(CCNC(=O)[C@@H]2CC[C@H](CN)O2)c1. The summed E-state index contributed by atoms with van der Waals surface area (Å²) in [6.45, 7) is 0.974. The predicted octanol–water partition coefficient (Wildman–Crippen LogP) is 0.553. The van der Waals surface area contributed by atoms with E-state index < -0.39 is 0 Å². The third-order valence-corrected chi connectivity index (χ3v) is 3.96. The number of nitrogens with two attached hydrogens (primary N) is 1. The van der Waals surface area contributed by atoms with E-state index in [1.807, 2.05) is 18.2 Å². The average molecular weight is 319 g/mol. The van der Waals surface area contributed by atoms with E-state index in [1.165, 1.54) is 0 Å². The molecule has 0 spiro atoms. The topological polar surface area (TPSA) is 84.7 Å². The summed E-state index contributed by atoms with van der Waals surface area (Å²) in [5.74, 6) is -0.107. The predicted molar refractivity (Wildman–Crippen MR) is 88.1 cm³/mol. The molecule has 0 aliphatic carbocycles. The van der Waals surface area contributed by atoms with Crippen LogP contribution >= 0.6 is 0 Å². The molecule has 23 heavy (non-hydrogen) atoms. The van der Waals surface area contributed by atoms with E-state index in [4.69, 9.17) is 10.5 Å². The number of amides is 2. The molecule has 2 atom stereocenters. The van der Waals surface area contributed by atoms with Crippen LogP contribution in [0.15, 0.2) is 24.3 Å². The molecule has 1 fully saturated rings. The fourth-order valence-corrected chi connectivity index (χ4v) is 2.63. The lowest BCUT2D eigenvalue weighted by molar-refractivity contribution is -0.131. The second-order valence-corrected chi connectivity index (χ2v) is 6.00. The maximum absolute atomic E-state index is 12.0. The van der Waals surface area contributed by atoms with Gasteiger partial charge in [0.25, 0.3) is 5.91 Å². The molecule has 3 N–H and O–H groups in total. The van der Waals surface area contributed by atoms with Gasteiger partial charge in [0, 0.05) is 32.7 Å². The number of nitrogens with one attached hydrogen (secondary N) is 1. The second kappa shape index (κ2) is 8.08. The highest BCUT2D eigenvalue weighted by Gasteiger charge is 2.29. The van der Waals surface area contributed by atoms with E-state index in [0.29, 0.717) is 25.1 Å². The van der Waals surface area contributed by atoms with E-state index in [0.717, 1.165) is 18.4 Å². The third-order valence-electron chi connectivity index (χ3n) is 3.96. The van der Waals surface area contributed by atoms with Crippen LogP contribution in [-0.2, 0) is 16.0 Å². The summed E-state index contributed by atoms with van der Waals surface area (Å²) in [6, 6.07) is 7.48. The van der Waals surface area contributed by atoms with Gasteiger partial charge in [-0.05, 0) is 37.0 Å². The largest absolute Gasteiger partial charge is 0.364 e. The summed E-state index contributed by atoms with van der Waals surface area (Å²) in [7, 11) is 3.46. The average Bonchev–Trinajstić information content (AvgIpc) is 3.03. The van der Waals surface area contributed by atoms with Crippen molar-refractivity contribution in [3.05, 3.63) is 35.4 Å². The van der Waals surface area contributed by atoms with Crippen LogP contribution in [-0.4, -0.2) is 56.1 Å². The molecule has 1 aliphatic heterocycles. The van der Waals surface area contributed by atoms with Crippen LogP contribution in [0.1, 0.15) is 28.8 Å². The van der Waals surface area contributed by atoms with Crippen LogP contribution in [0.5, 0.6) is 0 Å². The Labute approximate surface area is 137 Å². The van der Waals surface area contributed by atoms with E-state index in [-0.39, 0.29) is 24.0 Å². The van der Waals surface area contributed by atoms with E-state index in [2.05, 4.69) is 5.32 Å². The van der Waals surface area contributed by atoms with Gasteiger partial charge >= 0.3 is 0 Å². The van der Waals surface area contributed by atoms with Crippen molar-refractivity contribution in [3.8, 4) is 0 Å². The molecule has 1 saturated heterocycles. The van der Waals surface area contributed by atoms with E-state index >= 15 is 0 Å². The first-order valence-corrected chi connectivity index (χ1v) is 7.95. The maximum atomic E-state index is 12.0. The lowest BCUT2D eigenvalue weighted by Gasteiger charge is -2.13. The Bertz CT molecular complexity index is 560. The van der Waals surface area contributed by atoms with Crippen molar-refractivity contribution >= 4 is 11.8 Å². The Hall–Kier alpha value is -1.92. The van der Waals surface area contributed by atoms with Gasteiger partial charge in [-0.3, -0.25) is 9.59 Å². The molecular weight excluding hydrogens is 294 g/mol. The summed E-state index contributed by atoms with van der Waals surface area (Å²) < 4.78 is 5.56. The molecule has 126 valence electrons. The standard InChI is InChI=1S/C17H25N3O3/c1-20(2)17(22)13-5-3-4-12(10-13)8-9-19-16(21)15-7-6-14(11-18)23-15/h3-5,10,14-15H,6-9,11,18H2,1-2H3,(H,19,21)/t14-,15+/m1/s1. The monoisotopic (exact) mass is 319 g/mol. The number of nitrogens with zero attached hydrogens (tertiary/aromatic N) is 1. The Kier molecular flexibility index (Phi) is 6.12. The first-order chi connectivity index (χ1) is 11.0. The quantitative estimate of drug-likeness (QED) is 0.802. The second-order valence-electron chi connectivity index (χ2n) is 6.00. The van der Waals surface area contributed by atoms with Gasteiger partial charge in [0.15, 0.2) is 0 Å². The number of benzene rings is 1. The lowest BCUT2D eigenvalue weighted by Crippen LogP contribution is -2.36. The number of carbonyl (C=O) groups is 2. The molecule has 1 aliphatic rings. The zero-order valence-electron chi connectivity index (χ0n) is 13.7. The van der Waals surface area contributed by atoms with Crippen LogP contribution in [0.2, 0.25) is 0 Å². The van der Waals surface area contributed by atoms with Crippen LogP contribution < -0.4 is 11.1 Å². The zero-order chi connectivity index (χ0) is 16.8. The van der Waals surface area contributed by atoms with Gasteiger partial charge in [-0.2, -0.15) is 0 Å². The summed E-state index contributed by atoms with van der Waals surface area (Å²) in [5, 5.41) is 2.89. The number of hydrogen-bond donors (Lipinski definition) is 2. The Balaban J connectivity index is 1.81. The van der Waals surface area contributed by atoms with Gasteiger partial charge < -0.3 is 20.7 Å². The molecule has 1 aromatic rings. The summed E-state index contributed by atoms with van der Waals surface area (Å²) in [5.41, 5.74) is 7.22. The molecular formula is C17H25N3O3. The Morgan fingerprint density at radius 1 is 1.35 bits per heavy atom. The van der Waals surface area contributed by atoms with E-state index in [9.17, 15) is 9.59 Å². The molecule has 0 aromatic heterocycles. The number of ether oxygens (including phenoxy) is 1. The fraction of sp³-hybridized carbons (Fsp3) is 0.529. The van der Waals surface area contributed by atoms with Crippen molar-refractivity contribution in [1.82, 2.24) is 10.2 Å². The van der Waals surface area contributed by atoms with Crippen LogP contribution in [0.4, 0.5) is 0 Å². The van der Waals surface area contributed by atoms with Gasteiger partial charge in [0.1, 0.15) is 6.10 Å². The first-order valence-electron chi connectivity index (χ1n) is 7.95. The molecule has 0 radical (unpaired) electrons. The summed E-state index contributed by atoms with van der Waals surface area (Å²) in [6.07, 6.45) is 1.85. The molecule has 0 unspecified atom stereocenters. The molecule has 0 bridgehead atoms. The summed E-state index contributed by atoms with van der Waals surface area (Å²) >= 11 is 0. The molecule has 0 saturated carbocycles. The minimum absolute atomic E-state index is 0.000484. The highest BCUT2D eigenvalue weighted by atomic mass is 16.5. The number of hydrogen-bond acceptors (Lipinski definition) is 4. The van der Waals surface area contributed by atoms with Gasteiger partial charge in [-0.25, -0.2) is 0 Å². The van der Waals surface area contributed by atoms with Crippen LogP contribution in [0.25, 0.3) is 0 Å². The van der Waals surface area contributed by atoms with Crippen molar-refractivity contribution in [2.75, 3.05) is 27.2 Å². The van der Waals surface area contributed by atoms with Gasteiger partial charge in [-0.1, -0.05) is 12.1 Å². The summed E-state index contributed by atoms with van der Waals surface area (Å²) in [4.78, 5) is 25.5. The van der Waals surface area contributed by atoms with Gasteiger partial charge in [0.2, 0.25) is 5.91 Å². The molecule has 6 heteroatoms. The fourth-order valence-electron chi connectivity index (χ4n) is 2.63. The van der Waals surface area contributed by atoms with Crippen LogP contribution in [0.3, 0.4) is 0 Å². The lowest BCUT2D eigenvalue weighted by atomic mass is 10.1. The number of rotatable bonds is 6. The zero-order valence-corrected chi connectivity index (χ0v) is 13.7. The smallest absolute Gasteiger partial charge is 0.253 e.